The fourth-order valence-electron chi connectivity index (χ4n) is 1.40. The normalized spacial score (nSPS) is 11.0. The van der Waals surface area contributed by atoms with E-state index in [-0.39, 0.29) is 26.1 Å². The molecule has 0 saturated carbocycles. The molecule has 4 nitrogen and oxygen atoms in total. The van der Waals surface area contributed by atoms with E-state index in [1.807, 2.05) is 0 Å². The average Bonchev–Trinajstić information content (AvgIpc) is 2.42. The van der Waals surface area contributed by atoms with Crippen molar-refractivity contribution in [2.45, 2.75) is 0 Å². The summed E-state index contributed by atoms with van der Waals surface area (Å²) >= 11 is 23.6. The zero-order valence-electron chi connectivity index (χ0n) is 9.65. The molecule has 0 bridgehead atoms. The van der Waals surface area contributed by atoms with E-state index in [4.69, 9.17) is 56.3 Å². The van der Waals surface area contributed by atoms with E-state index in [2.05, 4.69) is 10.1 Å². The Bertz CT molecular complexity index is 650. The highest BCUT2D eigenvalue weighted by atomic mass is 35.5. The first-order valence-electron chi connectivity index (χ1n) is 5.18. The molecule has 8 heteroatoms. The van der Waals surface area contributed by atoms with E-state index in [1.54, 1.807) is 24.3 Å². The predicted octanol–water partition coefficient (Wildman–Crippen LogP) is 5.30. The Hall–Kier alpha value is -1.20. The van der Waals surface area contributed by atoms with Gasteiger partial charge in [-0.1, -0.05) is 63.7 Å². The second-order valence-corrected chi connectivity index (χ2v) is 5.04. The molecule has 0 aliphatic heterocycles. The topological polar surface area (TPSA) is 54.7 Å². The highest BCUT2D eigenvalue weighted by molar-refractivity contribution is 6.47. The van der Waals surface area contributed by atoms with E-state index in [0.29, 0.717) is 11.3 Å². The summed E-state index contributed by atoms with van der Waals surface area (Å²) in [5.41, 5.74) is 0.628. The lowest BCUT2D eigenvalue weighted by molar-refractivity contribution is 0.322. The standard InChI is InChI=1S/C12H6Cl4N2O2/c13-8-10(9(14)12(16)18-11(8)15)20-7-3-1-2-6(4-7)5-17-19/h1-5,19H/b17-5+. The molecule has 20 heavy (non-hydrogen) atoms. The van der Waals surface area contributed by atoms with Crippen LogP contribution in [0.3, 0.4) is 0 Å². The highest BCUT2D eigenvalue weighted by Gasteiger charge is 2.17. The van der Waals surface area contributed by atoms with E-state index >= 15 is 0 Å². The van der Waals surface area contributed by atoms with Gasteiger partial charge in [0.25, 0.3) is 0 Å². The number of pyridine rings is 1. The van der Waals surface area contributed by atoms with Crippen LogP contribution in [0, 0.1) is 0 Å². The molecule has 104 valence electrons. The summed E-state index contributed by atoms with van der Waals surface area (Å²) in [6.45, 7) is 0. The summed E-state index contributed by atoms with van der Waals surface area (Å²) in [5, 5.41) is 11.5. The van der Waals surface area contributed by atoms with E-state index in [9.17, 15) is 0 Å². The first-order chi connectivity index (χ1) is 9.52. The molecule has 0 fully saturated rings. The second-order valence-electron chi connectivity index (χ2n) is 3.57. The molecule has 0 unspecified atom stereocenters. The van der Waals surface area contributed by atoms with Gasteiger partial charge in [0, 0.05) is 0 Å². The Morgan fingerprint density at radius 1 is 1.10 bits per heavy atom. The Morgan fingerprint density at radius 2 is 1.75 bits per heavy atom. The Balaban J connectivity index is 2.42. The lowest BCUT2D eigenvalue weighted by Gasteiger charge is -2.11. The van der Waals surface area contributed by atoms with Gasteiger partial charge < -0.3 is 9.94 Å². The molecule has 0 aliphatic carbocycles. The number of benzene rings is 1. The maximum absolute atomic E-state index is 8.50. The minimum absolute atomic E-state index is 0.0101. The number of halogens is 4. The zero-order valence-corrected chi connectivity index (χ0v) is 12.7. The summed E-state index contributed by atoms with van der Waals surface area (Å²) in [6.07, 6.45) is 1.25. The summed E-state index contributed by atoms with van der Waals surface area (Å²) in [4.78, 5) is 3.75. The summed E-state index contributed by atoms with van der Waals surface area (Å²) < 4.78 is 5.57. The number of hydrogen-bond acceptors (Lipinski definition) is 4. The van der Waals surface area contributed by atoms with Crippen molar-refractivity contribution in [1.82, 2.24) is 4.98 Å². The number of oxime groups is 1. The van der Waals surface area contributed by atoms with Crippen LogP contribution in [0.2, 0.25) is 20.4 Å². The molecule has 1 aromatic heterocycles. The van der Waals surface area contributed by atoms with Crippen molar-refractivity contribution in [2.24, 2.45) is 5.16 Å². The molecular formula is C12H6Cl4N2O2. The van der Waals surface area contributed by atoms with Crippen LogP contribution in [0.15, 0.2) is 29.4 Å². The molecule has 1 heterocycles. The maximum atomic E-state index is 8.50. The second kappa shape index (κ2) is 6.50. The lowest BCUT2D eigenvalue weighted by Crippen LogP contribution is -1.92. The molecule has 0 aliphatic rings. The average molecular weight is 352 g/mol. The number of ether oxygens (including phenoxy) is 1. The van der Waals surface area contributed by atoms with Crippen LogP contribution >= 0.6 is 46.4 Å². The first-order valence-corrected chi connectivity index (χ1v) is 6.69. The van der Waals surface area contributed by atoms with Gasteiger partial charge in [0.1, 0.15) is 15.8 Å². The zero-order chi connectivity index (χ0) is 14.7. The first kappa shape index (κ1) is 15.2. The molecule has 0 spiro atoms. The molecule has 0 amide bonds. The number of hydrogen-bond donors (Lipinski definition) is 1. The minimum atomic E-state index is -0.0101. The Morgan fingerprint density at radius 3 is 2.35 bits per heavy atom. The third-order valence-corrected chi connectivity index (χ3v) is 3.68. The van der Waals surface area contributed by atoms with E-state index < -0.39 is 0 Å². The third-order valence-electron chi connectivity index (χ3n) is 2.24. The van der Waals surface area contributed by atoms with Gasteiger partial charge in [0.15, 0.2) is 16.1 Å². The fraction of sp³-hybridized carbons (Fsp3) is 0. The molecule has 0 atom stereocenters. The molecule has 0 saturated heterocycles. The lowest BCUT2D eigenvalue weighted by atomic mass is 10.2. The molecule has 0 radical (unpaired) electrons. The predicted molar refractivity (Wildman–Crippen MR) is 80.2 cm³/mol. The highest BCUT2D eigenvalue weighted by Crippen LogP contribution is 2.42. The van der Waals surface area contributed by atoms with Crippen molar-refractivity contribution in [3.05, 3.63) is 50.2 Å². The van der Waals surface area contributed by atoms with Crippen molar-refractivity contribution in [3.63, 3.8) is 0 Å². The van der Waals surface area contributed by atoms with Gasteiger partial charge in [-0.25, -0.2) is 4.98 Å². The van der Waals surface area contributed by atoms with Crippen molar-refractivity contribution in [2.75, 3.05) is 0 Å². The quantitative estimate of drug-likeness (QED) is 0.353. The van der Waals surface area contributed by atoms with Crippen LogP contribution < -0.4 is 4.74 Å². The van der Waals surface area contributed by atoms with Gasteiger partial charge in [-0.15, -0.1) is 0 Å². The summed E-state index contributed by atoms with van der Waals surface area (Å²) in [7, 11) is 0. The van der Waals surface area contributed by atoms with Crippen molar-refractivity contribution in [3.8, 4) is 11.5 Å². The van der Waals surface area contributed by atoms with E-state index in [0.717, 1.165) is 0 Å². The van der Waals surface area contributed by atoms with Gasteiger partial charge in [-0.05, 0) is 17.7 Å². The van der Waals surface area contributed by atoms with Gasteiger partial charge in [-0.2, -0.15) is 0 Å². The third kappa shape index (κ3) is 3.27. The largest absolute Gasteiger partial charge is 0.454 e. The minimum Gasteiger partial charge on any atom is -0.454 e. The van der Waals surface area contributed by atoms with Crippen LogP contribution in [0.5, 0.6) is 11.5 Å². The van der Waals surface area contributed by atoms with Crippen molar-refractivity contribution >= 4 is 52.6 Å². The smallest absolute Gasteiger partial charge is 0.170 e. The van der Waals surface area contributed by atoms with Gasteiger partial charge in [0.05, 0.1) is 6.21 Å². The number of rotatable bonds is 3. The van der Waals surface area contributed by atoms with Crippen LogP contribution in [0.4, 0.5) is 0 Å². The summed E-state index contributed by atoms with van der Waals surface area (Å²) in [6, 6.07) is 6.72. The van der Waals surface area contributed by atoms with Crippen LogP contribution in [0.1, 0.15) is 5.56 Å². The molecule has 1 aromatic carbocycles. The number of nitrogens with zero attached hydrogens (tertiary/aromatic N) is 2. The van der Waals surface area contributed by atoms with Gasteiger partial charge in [0.2, 0.25) is 0 Å². The van der Waals surface area contributed by atoms with E-state index in [1.165, 1.54) is 6.21 Å². The van der Waals surface area contributed by atoms with Gasteiger partial charge >= 0.3 is 0 Å². The van der Waals surface area contributed by atoms with Gasteiger partial charge in [-0.3, -0.25) is 0 Å². The molecule has 2 aromatic rings. The number of aromatic nitrogens is 1. The Labute approximate surface area is 134 Å². The fourth-order valence-corrected chi connectivity index (χ4v) is 2.18. The maximum Gasteiger partial charge on any atom is 0.170 e. The Kier molecular flexibility index (Phi) is 4.94. The summed E-state index contributed by atoms with van der Waals surface area (Å²) in [5.74, 6) is 0.529. The van der Waals surface area contributed by atoms with Crippen molar-refractivity contribution < 1.29 is 9.94 Å². The van der Waals surface area contributed by atoms with Crippen LogP contribution in [0.25, 0.3) is 0 Å². The molecule has 2 rings (SSSR count). The van der Waals surface area contributed by atoms with Crippen LogP contribution in [-0.2, 0) is 0 Å². The SMILES string of the molecule is O/N=C/c1cccc(Oc2c(Cl)c(Cl)nc(Cl)c2Cl)c1. The van der Waals surface area contributed by atoms with Crippen molar-refractivity contribution in [1.29, 1.82) is 0 Å². The molecular weight excluding hydrogens is 346 g/mol. The van der Waals surface area contributed by atoms with Crippen LogP contribution in [-0.4, -0.2) is 16.4 Å². The monoisotopic (exact) mass is 350 g/mol. The molecule has 1 N–H and O–H groups in total.